The molecule has 0 aliphatic heterocycles. The van der Waals surface area contributed by atoms with Gasteiger partial charge in [-0.1, -0.05) is 6.07 Å². The molecule has 1 fully saturated rings. The van der Waals surface area contributed by atoms with Crippen molar-refractivity contribution in [2.75, 3.05) is 0 Å². The van der Waals surface area contributed by atoms with Crippen LogP contribution in [0.4, 0.5) is 0 Å². The van der Waals surface area contributed by atoms with Gasteiger partial charge in [-0.15, -0.1) is 11.3 Å². The van der Waals surface area contributed by atoms with Crippen molar-refractivity contribution in [3.05, 3.63) is 47.1 Å². The smallest absolute Gasteiger partial charge is 0.123 e. The fourth-order valence-electron chi connectivity index (χ4n) is 2.42. The van der Waals surface area contributed by atoms with E-state index in [1.165, 1.54) is 23.8 Å². The number of aryl methyl sites for hydroxylation is 1. The van der Waals surface area contributed by atoms with Gasteiger partial charge >= 0.3 is 0 Å². The molecule has 3 aromatic rings. The summed E-state index contributed by atoms with van der Waals surface area (Å²) in [6.45, 7) is 2.91. The van der Waals surface area contributed by atoms with Gasteiger partial charge in [0.25, 0.3) is 0 Å². The maximum Gasteiger partial charge on any atom is 0.123 e. The van der Waals surface area contributed by atoms with Crippen LogP contribution in [0.3, 0.4) is 0 Å². The van der Waals surface area contributed by atoms with Crippen molar-refractivity contribution in [1.29, 1.82) is 0 Å². The van der Waals surface area contributed by atoms with Gasteiger partial charge in [-0.05, 0) is 44.0 Å². The topological polar surface area (TPSA) is 37.8 Å². The van der Waals surface area contributed by atoms with Crippen LogP contribution < -0.4 is 5.32 Å². The number of thiazole rings is 1. The molecule has 3 nitrogen and oxygen atoms in total. The van der Waals surface area contributed by atoms with Crippen LogP contribution in [-0.4, -0.2) is 16.0 Å². The minimum absolute atomic E-state index is 0.727. The van der Waals surface area contributed by atoms with Crippen LogP contribution in [0.25, 0.3) is 21.5 Å². The normalized spacial score (nSPS) is 14.7. The van der Waals surface area contributed by atoms with E-state index in [4.69, 9.17) is 4.98 Å². The van der Waals surface area contributed by atoms with E-state index in [1.54, 1.807) is 11.3 Å². The van der Waals surface area contributed by atoms with Crippen LogP contribution in [0.5, 0.6) is 0 Å². The standard InChI is InChI=1S/C17H17N3S/c1-11-2-3-12-8-13(4-7-16(12)19-11)17-20-15(10-21-17)9-18-14-5-6-14/h2-4,7-8,10,14,18H,5-6,9H2,1H3. The van der Waals surface area contributed by atoms with Crippen LogP contribution in [0, 0.1) is 6.92 Å². The molecular formula is C17H17N3S. The summed E-state index contributed by atoms with van der Waals surface area (Å²) in [5.41, 5.74) is 4.42. The van der Waals surface area contributed by atoms with Crippen LogP contribution in [0.1, 0.15) is 24.2 Å². The average molecular weight is 295 g/mol. The number of rotatable bonds is 4. The minimum Gasteiger partial charge on any atom is -0.308 e. The second kappa shape index (κ2) is 5.20. The first-order valence-corrected chi connectivity index (χ1v) is 8.21. The van der Waals surface area contributed by atoms with E-state index < -0.39 is 0 Å². The number of aromatic nitrogens is 2. The zero-order valence-corrected chi connectivity index (χ0v) is 12.8. The van der Waals surface area contributed by atoms with Crippen LogP contribution in [0.15, 0.2) is 35.7 Å². The van der Waals surface area contributed by atoms with Crippen LogP contribution in [0.2, 0.25) is 0 Å². The van der Waals surface area contributed by atoms with E-state index in [9.17, 15) is 0 Å². The molecule has 2 heterocycles. The van der Waals surface area contributed by atoms with Gasteiger partial charge in [-0.25, -0.2) is 4.98 Å². The summed E-state index contributed by atoms with van der Waals surface area (Å²) in [6, 6.07) is 11.3. The molecule has 1 saturated carbocycles. The van der Waals surface area contributed by atoms with Crippen molar-refractivity contribution < 1.29 is 0 Å². The lowest BCUT2D eigenvalue weighted by Crippen LogP contribution is -2.15. The van der Waals surface area contributed by atoms with Gasteiger partial charge in [0.05, 0.1) is 11.2 Å². The highest BCUT2D eigenvalue weighted by molar-refractivity contribution is 7.13. The number of hydrogen-bond donors (Lipinski definition) is 1. The molecule has 1 aliphatic carbocycles. The molecule has 1 aromatic carbocycles. The van der Waals surface area contributed by atoms with E-state index in [-0.39, 0.29) is 0 Å². The molecule has 1 N–H and O–H groups in total. The number of benzene rings is 1. The van der Waals surface area contributed by atoms with E-state index in [1.807, 2.05) is 6.92 Å². The highest BCUT2D eigenvalue weighted by Gasteiger charge is 2.20. The molecule has 0 bridgehead atoms. The zero-order valence-electron chi connectivity index (χ0n) is 12.0. The maximum atomic E-state index is 4.74. The Kier molecular flexibility index (Phi) is 3.20. The molecule has 4 rings (SSSR count). The first kappa shape index (κ1) is 12.9. The second-order valence-electron chi connectivity index (χ2n) is 5.66. The largest absolute Gasteiger partial charge is 0.308 e. The molecule has 106 valence electrons. The van der Waals surface area contributed by atoms with Crippen molar-refractivity contribution in [1.82, 2.24) is 15.3 Å². The Morgan fingerprint density at radius 3 is 2.95 bits per heavy atom. The Hall–Kier alpha value is -1.78. The van der Waals surface area contributed by atoms with Gasteiger partial charge in [0, 0.05) is 34.6 Å². The summed E-state index contributed by atoms with van der Waals surface area (Å²) in [6.07, 6.45) is 2.63. The summed E-state index contributed by atoms with van der Waals surface area (Å²) >= 11 is 1.71. The van der Waals surface area contributed by atoms with Gasteiger partial charge in [0.15, 0.2) is 0 Å². The van der Waals surface area contributed by atoms with Crippen molar-refractivity contribution in [3.8, 4) is 10.6 Å². The average Bonchev–Trinajstić information content (AvgIpc) is 3.21. The highest BCUT2D eigenvalue weighted by atomic mass is 32.1. The molecular weight excluding hydrogens is 278 g/mol. The third-order valence-corrected chi connectivity index (χ3v) is 4.72. The van der Waals surface area contributed by atoms with Crippen LogP contribution >= 0.6 is 11.3 Å². The fraction of sp³-hybridized carbons (Fsp3) is 0.294. The molecule has 0 saturated heterocycles. The molecule has 0 spiro atoms. The summed E-state index contributed by atoms with van der Waals surface area (Å²) < 4.78 is 0. The Labute approximate surface area is 128 Å². The molecule has 0 radical (unpaired) electrons. The molecule has 0 amide bonds. The third-order valence-electron chi connectivity index (χ3n) is 3.78. The Morgan fingerprint density at radius 1 is 1.19 bits per heavy atom. The van der Waals surface area contributed by atoms with E-state index in [0.717, 1.165) is 34.5 Å². The maximum absolute atomic E-state index is 4.74. The van der Waals surface area contributed by atoms with Crippen LogP contribution in [-0.2, 0) is 6.54 Å². The van der Waals surface area contributed by atoms with Gasteiger partial charge in [-0.2, -0.15) is 0 Å². The first-order chi connectivity index (χ1) is 10.3. The molecule has 0 unspecified atom stereocenters. The summed E-state index contributed by atoms with van der Waals surface area (Å²) in [4.78, 5) is 9.28. The van der Waals surface area contributed by atoms with Gasteiger partial charge in [0.1, 0.15) is 5.01 Å². The Morgan fingerprint density at radius 2 is 2.10 bits per heavy atom. The fourth-order valence-corrected chi connectivity index (χ4v) is 3.23. The first-order valence-electron chi connectivity index (χ1n) is 7.33. The lowest BCUT2D eigenvalue weighted by Gasteiger charge is -2.02. The number of nitrogens with one attached hydrogen (secondary N) is 1. The number of pyridine rings is 1. The lowest BCUT2D eigenvalue weighted by atomic mass is 10.1. The summed E-state index contributed by atoms with van der Waals surface area (Å²) in [5.74, 6) is 0. The lowest BCUT2D eigenvalue weighted by molar-refractivity contribution is 0.678. The number of nitrogens with zero attached hydrogens (tertiary/aromatic N) is 2. The van der Waals surface area contributed by atoms with E-state index in [0.29, 0.717) is 0 Å². The predicted molar refractivity (Wildman–Crippen MR) is 87.4 cm³/mol. The monoisotopic (exact) mass is 295 g/mol. The summed E-state index contributed by atoms with van der Waals surface area (Å²) in [7, 11) is 0. The molecule has 4 heteroatoms. The van der Waals surface area contributed by atoms with Gasteiger partial charge < -0.3 is 5.32 Å². The van der Waals surface area contributed by atoms with Gasteiger partial charge in [0.2, 0.25) is 0 Å². The minimum atomic E-state index is 0.727. The highest BCUT2D eigenvalue weighted by Crippen LogP contribution is 2.27. The van der Waals surface area contributed by atoms with E-state index >= 15 is 0 Å². The number of fused-ring (bicyclic) bond motifs is 1. The third kappa shape index (κ3) is 2.82. The molecule has 2 aromatic heterocycles. The van der Waals surface area contributed by atoms with Crippen molar-refractivity contribution in [2.24, 2.45) is 0 Å². The SMILES string of the molecule is Cc1ccc2cc(-c3nc(CNC4CC4)cs3)ccc2n1. The van der Waals surface area contributed by atoms with Gasteiger partial charge in [-0.3, -0.25) is 4.98 Å². The Balaban J connectivity index is 1.61. The molecule has 21 heavy (non-hydrogen) atoms. The summed E-state index contributed by atoms with van der Waals surface area (Å²) in [5, 5.41) is 7.92. The second-order valence-corrected chi connectivity index (χ2v) is 6.52. The molecule has 1 aliphatic rings. The predicted octanol–water partition coefficient (Wildman–Crippen LogP) is 3.92. The van der Waals surface area contributed by atoms with Crippen molar-refractivity contribution >= 4 is 22.2 Å². The van der Waals surface area contributed by atoms with Crippen molar-refractivity contribution in [2.45, 2.75) is 32.4 Å². The van der Waals surface area contributed by atoms with E-state index in [2.05, 4.69) is 46.0 Å². The Bertz CT molecular complexity index is 790. The number of hydrogen-bond acceptors (Lipinski definition) is 4. The zero-order chi connectivity index (χ0) is 14.2. The quantitative estimate of drug-likeness (QED) is 0.793. The molecule has 0 atom stereocenters. The van der Waals surface area contributed by atoms with Crippen molar-refractivity contribution in [3.63, 3.8) is 0 Å².